The van der Waals surface area contributed by atoms with Crippen molar-refractivity contribution >= 4 is 5.91 Å². The van der Waals surface area contributed by atoms with Gasteiger partial charge in [-0.3, -0.25) is 15.0 Å². The Bertz CT molecular complexity index is 318. The minimum atomic E-state index is 0.0467. The van der Waals surface area contributed by atoms with Gasteiger partial charge >= 0.3 is 0 Å². The van der Waals surface area contributed by atoms with Crippen molar-refractivity contribution in [2.75, 3.05) is 19.8 Å². The molecule has 0 aromatic heterocycles. The summed E-state index contributed by atoms with van der Waals surface area (Å²) < 4.78 is 0. The van der Waals surface area contributed by atoms with Crippen LogP contribution in [0.2, 0.25) is 0 Å². The number of hydrogen-bond donors (Lipinski definition) is 1. The van der Waals surface area contributed by atoms with Crippen molar-refractivity contribution in [3.05, 3.63) is 0 Å². The van der Waals surface area contributed by atoms with Crippen LogP contribution in [0.25, 0.3) is 0 Å². The van der Waals surface area contributed by atoms with Crippen molar-refractivity contribution in [3.8, 4) is 0 Å². The fraction of sp³-hybridized carbons (Fsp3) is 0.923. The van der Waals surface area contributed by atoms with E-state index in [-0.39, 0.29) is 6.04 Å². The van der Waals surface area contributed by atoms with Crippen LogP contribution in [0.5, 0.6) is 0 Å². The summed E-state index contributed by atoms with van der Waals surface area (Å²) >= 11 is 0. The molecule has 4 heteroatoms. The van der Waals surface area contributed by atoms with Gasteiger partial charge in [0, 0.05) is 18.6 Å². The number of hydrogen-bond acceptors (Lipinski definition) is 3. The molecular formula is C13H23N3O. The topological polar surface area (TPSA) is 35.6 Å². The normalized spacial score (nSPS) is 38.4. The molecular weight excluding hydrogens is 214 g/mol. The molecule has 1 N–H and O–H groups in total. The Morgan fingerprint density at radius 3 is 2.76 bits per heavy atom. The van der Waals surface area contributed by atoms with Gasteiger partial charge in [-0.1, -0.05) is 13.8 Å². The van der Waals surface area contributed by atoms with Gasteiger partial charge in [0.2, 0.25) is 5.91 Å². The molecule has 3 heterocycles. The van der Waals surface area contributed by atoms with E-state index in [9.17, 15) is 4.79 Å². The van der Waals surface area contributed by atoms with Gasteiger partial charge in [0.05, 0.1) is 12.7 Å². The molecule has 3 saturated heterocycles. The molecule has 3 rings (SSSR count). The third-order valence-electron chi connectivity index (χ3n) is 4.67. The van der Waals surface area contributed by atoms with E-state index in [1.807, 2.05) is 0 Å². The van der Waals surface area contributed by atoms with E-state index in [1.54, 1.807) is 0 Å². The number of nitrogens with one attached hydrogen (secondary N) is 1. The van der Waals surface area contributed by atoms with Crippen molar-refractivity contribution < 1.29 is 4.79 Å². The van der Waals surface area contributed by atoms with Crippen LogP contribution in [0.3, 0.4) is 0 Å². The van der Waals surface area contributed by atoms with Crippen LogP contribution in [0.4, 0.5) is 0 Å². The van der Waals surface area contributed by atoms with Crippen LogP contribution in [-0.2, 0) is 4.79 Å². The minimum absolute atomic E-state index is 0.0467. The van der Waals surface area contributed by atoms with Gasteiger partial charge in [-0.05, 0) is 31.7 Å². The van der Waals surface area contributed by atoms with Crippen LogP contribution in [0, 0.1) is 5.92 Å². The number of amides is 1. The maximum absolute atomic E-state index is 12.4. The number of carbonyl (C=O) groups is 1. The van der Waals surface area contributed by atoms with E-state index >= 15 is 0 Å². The van der Waals surface area contributed by atoms with Crippen molar-refractivity contribution in [1.82, 2.24) is 15.1 Å². The Kier molecular flexibility index (Phi) is 2.87. The van der Waals surface area contributed by atoms with Crippen LogP contribution in [0.1, 0.15) is 33.1 Å². The Balaban J connectivity index is 1.71. The average molecular weight is 237 g/mol. The highest BCUT2D eigenvalue weighted by molar-refractivity contribution is 5.84. The number of carbonyl (C=O) groups excluding carboxylic acids is 1. The first kappa shape index (κ1) is 11.5. The SMILES string of the molecule is CC(C)C1NCN(C2CCN3CCCC23)C1=O. The van der Waals surface area contributed by atoms with Crippen molar-refractivity contribution in [1.29, 1.82) is 0 Å². The van der Waals surface area contributed by atoms with Gasteiger partial charge < -0.3 is 4.90 Å². The zero-order valence-electron chi connectivity index (χ0n) is 10.9. The summed E-state index contributed by atoms with van der Waals surface area (Å²) in [5.41, 5.74) is 0. The number of rotatable bonds is 2. The molecule has 0 aliphatic carbocycles. The Morgan fingerprint density at radius 1 is 1.24 bits per heavy atom. The molecule has 0 aromatic carbocycles. The van der Waals surface area contributed by atoms with E-state index in [0.717, 1.165) is 6.67 Å². The molecule has 3 aliphatic rings. The summed E-state index contributed by atoms with van der Waals surface area (Å²) in [5, 5.41) is 3.37. The molecule has 4 nitrogen and oxygen atoms in total. The minimum Gasteiger partial charge on any atom is -0.324 e. The fourth-order valence-corrected chi connectivity index (χ4v) is 3.76. The highest BCUT2D eigenvalue weighted by Crippen LogP contribution is 2.32. The Morgan fingerprint density at radius 2 is 2.06 bits per heavy atom. The lowest BCUT2D eigenvalue weighted by molar-refractivity contribution is -0.131. The second kappa shape index (κ2) is 4.25. The first-order chi connectivity index (χ1) is 8.18. The highest BCUT2D eigenvalue weighted by atomic mass is 16.2. The molecule has 3 fully saturated rings. The van der Waals surface area contributed by atoms with Gasteiger partial charge in [0.15, 0.2) is 0 Å². The van der Waals surface area contributed by atoms with Gasteiger partial charge in [0.25, 0.3) is 0 Å². The molecule has 0 radical (unpaired) electrons. The van der Waals surface area contributed by atoms with E-state index in [4.69, 9.17) is 0 Å². The van der Waals surface area contributed by atoms with Crippen molar-refractivity contribution in [2.24, 2.45) is 5.92 Å². The van der Waals surface area contributed by atoms with Crippen LogP contribution in [0.15, 0.2) is 0 Å². The molecule has 0 aromatic rings. The lowest BCUT2D eigenvalue weighted by Crippen LogP contribution is -2.45. The van der Waals surface area contributed by atoms with E-state index in [2.05, 4.69) is 29.0 Å². The number of nitrogens with zero attached hydrogens (tertiary/aromatic N) is 2. The van der Waals surface area contributed by atoms with Crippen molar-refractivity contribution in [2.45, 2.75) is 51.2 Å². The zero-order chi connectivity index (χ0) is 12.0. The fourth-order valence-electron chi connectivity index (χ4n) is 3.76. The highest BCUT2D eigenvalue weighted by Gasteiger charge is 2.45. The van der Waals surface area contributed by atoms with Crippen molar-refractivity contribution in [3.63, 3.8) is 0 Å². The van der Waals surface area contributed by atoms with Gasteiger partial charge in [-0.2, -0.15) is 0 Å². The predicted molar refractivity (Wildman–Crippen MR) is 66.5 cm³/mol. The quantitative estimate of drug-likeness (QED) is 0.765. The smallest absolute Gasteiger partial charge is 0.241 e. The molecule has 96 valence electrons. The van der Waals surface area contributed by atoms with E-state index < -0.39 is 0 Å². The van der Waals surface area contributed by atoms with Crippen LogP contribution in [-0.4, -0.2) is 53.6 Å². The van der Waals surface area contributed by atoms with Gasteiger partial charge in [-0.15, -0.1) is 0 Å². The third-order valence-corrected chi connectivity index (χ3v) is 4.67. The molecule has 0 saturated carbocycles. The first-order valence-corrected chi connectivity index (χ1v) is 6.96. The number of fused-ring (bicyclic) bond motifs is 1. The monoisotopic (exact) mass is 237 g/mol. The summed E-state index contributed by atoms with van der Waals surface area (Å²) in [7, 11) is 0. The predicted octanol–water partition coefficient (Wildman–Crippen LogP) is 0.637. The lowest BCUT2D eigenvalue weighted by atomic mass is 10.0. The maximum atomic E-state index is 12.4. The van der Waals surface area contributed by atoms with Gasteiger partial charge in [0.1, 0.15) is 0 Å². The van der Waals surface area contributed by atoms with E-state index in [0.29, 0.717) is 23.9 Å². The molecule has 3 aliphatic heterocycles. The lowest BCUT2D eigenvalue weighted by Gasteiger charge is -2.29. The average Bonchev–Trinajstić information content (AvgIpc) is 2.91. The summed E-state index contributed by atoms with van der Waals surface area (Å²) in [4.78, 5) is 17.0. The summed E-state index contributed by atoms with van der Waals surface area (Å²) in [5.74, 6) is 0.729. The van der Waals surface area contributed by atoms with Crippen LogP contribution >= 0.6 is 0 Å². The zero-order valence-corrected chi connectivity index (χ0v) is 10.9. The second-order valence-corrected chi connectivity index (χ2v) is 5.99. The maximum Gasteiger partial charge on any atom is 0.241 e. The van der Waals surface area contributed by atoms with Crippen LogP contribution < -0.4 is 5.32 Å². The second-order valence-electron chi connectivity index (χ2n) is 5.99. The Labute approximate surface area is 103 Å². The van der Waals surface area contributed by atoms with Gasteiger partial charge in [-0.25, -0.2) is 0 Å². The third kappa shape index (κ3) is 1.78. The molecule has 3 unspecified atom stereocenters. The molecule has 17 heavy (non-hydrogen) atoms. The van der Waals surface area contributed by atoms with E-state index in [1.165, 1.54) is 32.4 Å². The summed E-state index contributed by atoms with van der Waals surface area (Å²) in [6.07, 6.45) is 3.76. The Hall–Kier alpha value is -0.610. The molecule has 1 amide bonds. The molecule has 0 bridgehead atoms. The standard InChI is InChI=1S/C13H23N3O/c1-9(2)12-13(17)16(8-14-12)11-5-7-15-6-3-4-10(11)15/h9-12,14H,3-8H2,1-2H3. The molecule has 0 spiro atoms. The largest absolute Gasteiger partial charge is 0.324 e. The summed E-state index contributed by atoms with van der Waals surface area (Å²) in [6.45, 7) is 7.43. The summed E-state index contributed by atoms with van der Waals surface area (Å²) in [6, 6.07) is 1.17. The first-order valence-electron chi connectivity index (χ1n) is 6.96. The molecule has 3 atom stereocenters.